The minimum Gasteiger partial charge on any atom is -0.283 e. The van der Waals surface area contributed by atoms with E-state index in [0.29, 0.717) is 16.5 Å². The lowest BCUT2D eigenvalue weighted by atomic mass is 10.5. The average molecular weight is 190 g/mol. The molecule has 2 heterocycles. The lowest BCUT2D eigenvalue weighted by Crippen LogP contribution is -1.86. The quantitative estimate of drug-likeness (QED) is 0.710. The third kappa shape index (κ3) is 1.59. The van der Waals surface area contributed by atoms with Crippen LogP contribution in [0.4, 0.5) is 0 Å². The molecule has 0 aliphatic carbocycles. The van der Waals surface area contributed by atoms with Crippen LogP contribution in [-0.2, 0) is 4.79 Å². The van der Waals surface area contributed by atoms with Crippen LogP contribution in [0.5, 0.6) is 0 Å². The van der Waals surface area contributed by atoms with Gasteiger partial charge in [0.2, 0.25) is 0 Å². The van der Waals surface area contributed by atoms with Crippen molar-refractivity contribution in [3.05, 3.63) is 29.5 Å². The van der Waals surface area contributed by atoms with Crippen molar-refractivity contribution in [1.82, 2.24) is 15.0 Å². The first-order chi connectivity index (χ1) is 6.40. The first-order valence-corrected chi connectivity index (χ1v) is 4.39. The first-order valence-electron chi connectivity index (χ1n) is 3.51. The van der Waals surface area contributed by atoms with Gasteiger partial charge < -0.3 is 0 Å². The van der Waals surface area contributed by atoms with E-state index < -0.39 is 0 Å². The van der Waals surface area contributed by atoms with Crippen LogP contribution in [0.25, 0.3) is 10.8 Å². The van der Waals surface area contributed by atoms with Gasteiger partial charge in [-0.2, -0.15) is 0 Å². The van der Waals surface area contributed by atoms with E-state index >= 15 is 0 Å². The monoisotopic (exact) mass is 190 g/mol. The summed E-state index contributed by atoms with van der Waals surface area (Å²) in [5.41, 5.74) is 0.299. The van der Waals surface area contributed by atoms with Crippen LogP contribution >= 0.6 is 11.3 Å². The first kappa shape index (κ1) is 8.00. The largest absolute Gasteiger partial charge is 0.283 e. The second-order valence-electron chi connectivity index (χ2n) is 2.21. The molecule has 0 spiro atoms. The molecule has 0 aliphatic rings. The summed E-state index contributed by atoms with van der Waals surface area (Å²) in [6.07, 6.45) is 4.98. The Morgan fingerprint density at radius 1 is 1.31 bits per heavy atom. The van der Waals surface area contributed by atoms with E-state index in [2.05, 4.69) is 15.0 Å². The third-order valence-corrected chi connectivity index (χ3v) is 2.20. The van der Waals surface area contributed by atoms with Crippen LogP contribution in [0.15, 0.2) is 23.8 Å². The van der Waals surface area contributed by atoms with Crippen LogP contribution in [0.2, 0.25) is 0 Å². The molecule has 0 saturated heterocycles. The van der Waals surface area contributed by atoms with Crippen molar-refractivity contribution in [1.29, 1.82) is 0 Å². The summed E-state index contributed by atoms with van der Waals surface area (Å²) in [4.78, 5) is 22.2. The maximum atomic E-state index is 10.2. The zero-order chi connectivity index (χ0) is 9.10. The smallest absolute Gasteiger partial charge is 0.254 e. The van der Waals surface area contributed by atoms with Gasteiger partial charge in [0.1, 0.15) is 5.69 Å². The second kappa shape index (κ2) is 3.40. The van der Waals surface area contributed by atoms with E-state index in [1.165, 1.54) is 11.3 Å². The number of rotatable bonds is 2. The molecule has 1 radical (unpaired) electrons. The van der Waals surface area contributed by atoms with Crippen LogP contribution in [0.3, 0.4) is 0 Å². The Bertz CT molecular complexity index is 412. The van der Waals surface area contributed by atoms with Gasteiger partial charge in [-0.05, 0) is 6.07 Å². The lowest BCUT2D eigenvalue weighted by Gasteiger charge is -1.89. The van der Waals surface area contributed by atoms with Crippen LogP contribution < -0.4 is 0 Å². The van der Waals surface area contributed by atoms with E-state index in [0.717, 1.165) is 0 Å². The van der Waals surface area contributed by atoms with Crippen molar-refractivity contribution in [2.24, 2.45) is 0 Å². The predicted octanol–water partition coefficient (Wildman–Crippen LogP) is 1.06. The summed E-state index contributed by atoms with van der Waals surface area (Å²) < 4.78 is 0. The Morgan fingerprint density at radius 3 is 2.69 bits per heavy atom. The third-order valence-electron chi connectivity index (χ3n) is 1.37. The van der Waals surface area contributed by atoms with Gasteiger partial charge in [-0.25, -0.2) is 15.0 Å². The molecule has 0 aromatic carbocycles. The molecule has 0 amide bonds. The predicted molar refractivity (Wildman–Crippen MR) is 47.9 cm³/mol. The molecular formula is C8H4N3OS. The molecule has 63 valence electrons. The Balaban J connectivity index is 2.41. The molecule has 0 bridgehead atoms. The highest BCUT2D eigenvalue weighted by atomic mass is 32.1. The van der Waals surface area contributed by atoms with E-state index in [9.17, 15) is 4.79 Å². The molecule has 0 aliphatic heterocycles. The summed E-state index contributed by atoms with van der Waals surface area (Å²) in [6.45, 7) is 0. The minimum absolute atomic E-state index is 0.299. The van der Waals surface area contributed by atoms with Gasteiger partial charge in [0.15, 0.2) is 10.8 Å². The molecule has 0 fully saturated rings. The molecule has 0 N–H and O–H groups in total. The van der Waals surface area contributed by atoms with Gasteiger partial charge in [0, 0.05) is 17.8 Å². The molecule has 4 nitrogen and oxygen atoms in total. The zero-order valence-corrected chi connectivity index (χ0v) is 7.28. The summed E-state index contributed by atoms with van der Waals surface area (Å²) in [7, 11) is 0. The fraction of sp³-hybridized carbons (Fsp3) is 0. The van der Waals surface area contributed by atoms with Gasteiger partial charge in [0.25, 0.3) is 6.29 Å². The number of thiazole rings is 1. The van der Waals surface area contributed by atoms with Gasteiger partial charge in [0.05, 0.1) is 0 Å². The van der Waals surface area contributed by atoms with Crippen molar-refractivity contribution in [3.8, 4) is 10.8 Å². The lowest BCUT2D eigenvalue weighted by molar-refractivity contribution is 0.562. The van der Waals surface area contributed by atoms with Crippen molar-refractivity contribution < 1.29 is 4.79 Å². The Kier molecular flexibility index (Phi) is 2.09. The van der Waals surface area contributed by atoms with Crippen molar-refractivity contribution in [2.45, 2.75) is 0 Å². The normalized spacial score (nSPS) is 9.85. The molecule has 2 aromatic rings. The fourth-order valence-corrected chi connectivity index (χ4v) is 1.52. The SMILES string of the molecule is O=[C]c1csc(-c2ncccn2)n1. The molecular weight excluding hydrogens is 186 g/mol. The van der Waals surface area contributed by atoms with Gasteiger partial charge in [-0.15, -0.1) is 11.3 Å². The minimum atomic E-state index is 0.299. The van der Waals surface area contributed by atoms with E-state index in [1.807, 2.05) is 0 Å². The zero-order valence-electron chi connectivity index (χ0n) is 6.47. The summed E-state index contributed by atoms with van der Waals surface area (Å²) in [5.74, 6) is 0.536. The molecule has 13 heavy (non-hydrogen) atoms. The van der Waals surface area contributed by atoms with Crippen LogP contribution in [0.1, 0.15) is 5.69 Å². The second-order valence-corrected chi connectivity index (χ2v) is 3.07. The molecule has 5 heteroatoms. The highest BCUT2D eigenvalue weighted by Crippen LogP contribution is 2.18. The fourth-order valence-electron chi connectivity index (χ4n) is 0.833. The van der Waals surface area contributed by atoms with Crippen LogP contribution in [0, 0.1) is 0 Å². The van der Waals surface area contributed by atoms with E-state index in [-0.39, 0.29) is 0 Å². The molecule has 0 saturated carbocycles. The number of aromatic nitrogens is 3. The number of hydrogen-bond donors (Lipinski definition) is 0. The molecule has 2 rings (SSSR count). The van der Waals surface area contributed by atoms with Gasteiger partial charge in [-0.1, -0.05) is 0 Å². The van der Waals surface area contributed by atoms with Crippen molar-refractivity contribution in [2.75, 3.05) is 0 Å². The highest BCUT2D eigenvalue weighted by molar-refractivity contribution is 7.13. The summed E-state index contributed by atoms with van der Waals surface area (Å²) in [6, 6.07) is 1.73. The van der Waals surface area contributed by atoms with Crippen molar-refractivity contribution >= 4 is 17.6 Å². The molecule has 2 aromatic heterocycles. The standard InChI is InChI=1S/C8H4N3OS/c12-4-6-5-13-8(11-6)7-9-2-1-3-10-7/h1-3,5H. The van der Waals surface area contributed by atoms with E-state index in [1.54, 1.807) is 30.1 Å². The average Bonchev–Trinajstić information content (AvgIpc) is 2.67. The summed E-state index contributed by atoms with van der Waals surface area (Å²) >= 11 is 1.33. The number of hydrogen-bond acceptors (Lipinski definition) is 5. The maximum Gasteiger partial charge on any atom is 0.254 e. The maximum absolute atomic E-state index is 10.2. The Hall–Kier alpha value is -1.62. The van der Waals surface area contributed by atoms with E-state index in [4.69, 9.17) is 0 Å². The number of nitrogens with zero attached hydrogens (tertiary/aromatic N) is 3. The Morgan fingerprint density at radius 2 is 2.08 bits per heavy atom. The van der Waals surface area contributed by atoms with Crippen molar-refractivity contribution in [3.63, 3.8) is 0 Å². The molecule has 0 unspecified atom stereocenters. The summed E-state index contributed by atoms with van der Waals surface area (Å²) in [5, 5.41) is 2.26. The molecule has 0 atom stereocenters. The van der Waals surface area contributed by atoms with Crippen LogP contribution in [-0.4, -0.2) is 21.2 Å². The highest BCUT2D eigenvalue weighted by Gasteiger charge is 2.05. The van der Waals surface area contributed by atoms with Gasteiger partial charge in [-0.3, -0.25) is 4.79 Å². The number of carbonyl (C=O) groups excluding carboxylic acids is 1. The Labute approximate surface area is 78.3 Å². The topological polar surface area (TPSA) is 55.7 Å². The van der Waals surface area contributed by atoms with Gasteiger partial charge >= 0.3 is 0 Å².